The first-order valence-electron chi connectivity index (χ1n) is 7.45. The van der Waals surface area contributed by atoms with Gasteiger partial charge in [-0.3, -0.25) is 9.10 Å². The van der Waals surface area contributed by atoms with Crippen LogP contribution in [0.4, 0.5) is 5.69 Å². The lowest BCUT2D eigenvalue weighted by molar-refractivity contribution is -0.119. The molecule has 0 aromatic heterocycles. The molecule has 7 heteroatoms. The van der Waals surface area contributed by atoms with Gasteiger partial charge in [-0.25, -0.2) is 8.42 Å². The van der Waals surface area contributed by atoms with E-state index in [1.807, 2.05) is 6.92 Å². The maximum Gasteiger partial charge on any atom is 0.264 e. The van der Waals surface area contributed by atoms with Crippen molar-refractivity contribution in [3.05, 3.63) is 54.1 Å². The SMILES string of the molecule is CCN(c1ccc(OCC(N)=O)cc1)S(=O)(=O)c1ccc(C)cc1. The Bertz CT molecular complexity index is 799. The number of nitrogens with two attached hydrogens (primary N) is 1. The predicted octanol–water partition coefficient (Wildman–Crippen LogP) is 2.07. The van der Waals surface area contributed by atoms with E-state index in [1.54, 1.807) is 55.5 Å². The number of primary amides is 1. The highest BCUT2D eigenvalue weighted by atomic mass is 32.2. The van der Waals surface area contributed by atoms with Crippen molar-refractivity contribution in [3.63, 3.8) is 0 Å². The minimum atomic E-state index is -3.64. The molecule has 0 aliphatic carbocycles. The van der Waals surface area contributed by atoms with Gasteiger partial charge in [0.25, 0.3) is 15.9 Å². The maximum absolute atomic E-state index is 12.8. The molecule has 128 valence electrons. The van der Waals surface area contributed by atoms with Gasteiger partial charge in [0.2, 0.25) is 0 Å². The van der Waals surface area contributed by atoms with Gasteiger partial charge in [-0.15, -0.1) is 0 Å². The second kappa shape index (κ2) is 7.35. The molecule has 2 aromatic carbocycles. The molecule has 0 atom stereocenters. The highest BCUT2D eigenvalue weighted by molar-refractivity contribution is 7.92. The van der Waals surface area contributed by atoms with E-state index in [2.05, 4.69) is 0 Å². The monoisotopic (exact) mass is 348 g/mol. The number of hydrogen-bond donors (Lipinski definition) is 1. The van der Waals surface area contributed by atoms with Crippen LogP contribution in [0.1, 0.15) is 12.5 Å². The van der Waals surface area contributed by atoms with Crippen LogP contribution in [0.3, 0.4) is 0 Å². The summed E-state index contributed by atoms with van der Waals surface area (Å²) < 4.78 is 32.1. The second-order valence-corrected chi connectivity index (χ2v) is 7.09. The van der Waals surface area contributed by atoms with Gasteiger partial charge >= 0.3 is 0 Å². The summed E-state index contributed by atoms with van der Waals surface area (Å²) in [4.78, 5) is 11.0. The second-order valence-electron chi connectivity index (χ2n) is 5.23. The first-order valence-corrected chi connectivity index (χ1v) is 8.89. The van der Waals surface area contributed by atoms with Crippen LogP contribution < -0.4 is 14.8 Å². The Hall–Kier alpha value is -2.54. The van der Waals surface area contributed by atoms with Gasteiger partial charge in [-0.2, -0.15) is 0 Å². The van der Waals surface area contributed by atoms with Crippen LogP contribution in [-0.4, -0.2) is 27.5 Å². The first-order chi connectivity index (χ1) is 11.3. The van der Waals surface area contributed by atoms with Gasteiger partial charge in [-0.1, -0.05) is 17.7 Å². The molecule has 1 amide bonds. The number of aryl methyl sites for hydroxylation is 1. The topological polar surface area (TPSA) is 89.7 Å². The van der Waals surface area contributed by atoms with Crippen molar-refractivity contribution < 1.29 is 17.9 Å². The number of carbonyl (C=O) groups excluding carboxylic acids is 1. The third-order valence-electron chi connectivity index (χ3n) is 3.40. The normalized spacial score (nSPS) is 11.1. The molecule has 2 N–H and O–H groups in total. The molecule has 0 heterocycles. The first kappa shape index (κ1) is 17.8. The van der Waals surface area contributed by atoms with E-state index in [1.165, 1.54) is 4.31 Å². The van der Waals surface area contributed by atoms with Crippen LogP contribution in [0.5, 0.6) is 5.75 Å². The average Bonchev–Trinajstić information content (AvgIpc) is 2.55. The van der Waals surface area contributed by atoms with Crippen molar-refractivity contribution in [1.82, 2.24) is 0 Å². The largest absolute Gasteiger partial charge is 0.484 e. The number of rotatable bonds is 7. The summed E-state index contributed by atoms with van der Waals surface area (Å²) in [5, 5.41) is 0. The van der Waals surface area contributed by atoms with Gasteiger partial charge in [0.1, 0.15) is 5.75 Å². The number of nitrogens with zero attached hydrogens (tertiary/aromatic N) is 1. The van der Waals surface area contributed by atoms with E-state index in [-0.39, 0.29) is 18.0 Å². The fourth-order valence-electron chi connectivity index (χ4n) is 2.19. The number of sulfonamides is 1. The Morgan fingerprint density at radius 1 is 1.08 bits per heavy atom. The van der Waals surface area contributed by atoms with E-state index < -0.39 is 15.9 Å². The number of ether oxygens (including phenoxy) is 1. The van der Waals surface area contributed by atoms with Crippen molar-refractivity contribution in [2.75, 3.05) is 17.5 Å². The molecule has 0 radical (unpaired) electrons. The van der Waals surface area contributed by atoms with Crippen LogP contribution in [0, 0.1) is 6.92 Å². The Kier molecular flexibility index (Phi) is 5.46. The van der Waals surface area contributed by atoms with Crippen molar-refractivity contribution in [1.29, 1.82) is 0 Å². The van der Waals surface area contributed by atoms with E-state index in [0.29, 0.717) is 11.4 Å². The molecule has 2 rings (SSSR count). The summed E-state index contributed by atoms with van der Waals surface area (Å²) in [5.41, 5.74) is 6.53. The maximum atomic E-state index is 12.8. The molecule has 0 fully saturated rings. The van der Waals surface area contributed by atoms with Gasteiger partial charge in [0.05, 0.1) is 10.6 Å². The molecule has 0 spiro atoms. The third-order valence-corrected chi connectivity index (χ3v) is 5.32. The number of amides is 1. The lowest BCUT2D eigenvalue weighted by Crippen LogP contribution is -2.30. The van der Waals surface area contributed by atoms with E-state index in [9.17, 15) is 13.2 Å². The summed E-state index contributed by atoms with van der Waals surface area (Å²) in [5.74, 6) is -0.127. The minimum absolute atomic E-state index is 0.224. The van der Waals surface area contributed by atoms with E-state index >= 15 is 0 Å². The Morgan fingerprint density at radius 3 is 2.17 bits per heavy atom. The van der Waals surface area contributed by atoms with Crippen molar-refractivity contribution in [2.24, 2.45) is 5.73 Å². The number of anilines is 1. The molecule has 0 bridgehead atoms. The zero-order valence-electron chi connectivity index (χ0n) is 13.6. The fraction of sp³-hybridized carbons (Fsp3) is 0.235. The summed E-state index contributed by atoms with van der Waals surface area (Å²) in [6.45, 7) is 3.73. The van der Waals surface area contributed by atoms with Crippen molar-refractivity contribution in [2.45, 2.75) is 18.7 Å². The molecule has 0 saturated carbocycles. The number of hydrogen-bond acceptors (Lipinski definition) is 4. The number of carbonyl (C=O) groups is 1. The van der Waals surface area contributed by atoms with Gasteiger partial charge < -0.3 is 10.5 Å². The Morgan fingerprint density at radius 2 is 1.67 bits per heavy atom. The molecule has 6 nitrogen and oxygen atoms in total. The zero-order valence-corrected chi connectivity index (χ0v) is 14.4. The molecule has 0 aliphatic rings. The Balaban J connectivity index is 2.27. The standard InChI is InChI=1S/C17H20N2O4S/c1-3-19(24(21,22)16-10-4-13(2)5-11-16)14-6-8-15(9-7-14)23-12-17(18)20/h4-11H,3,12H2,1-2H3,(H2,18,20). The van der Waals surface area contributed by atoms with Crippen LogP contribution in [0.15, 0.2) is 53.4 Å². The molecule has 0 unspecified atom stereocenters. The van der Waals surface area contributed by atoms with E-state index in [0.717, 1.165) is 5.56 Å². The third kappa shape index (κ3) is 4.05. The lowest BCUT2D eigenvalue weighted by Gasteiger charge is -2.23. The smallest absolute Gasteiger partial charge is 0.264 e. The van der Waals surface area contributed by atoms with Gasteiger partial charge in [0.15, 0.2) is 6.61 Å². The molecule has 0 aliphatic heterocycles. The molecule has 24 heavy (non-hydrogen) atoms. The molecular formula is C17H20N2O4S. The predicted molar refractivity (Wildman–Crippen MR) is 92.5 cm³/mol. The minimum Gasteiger partial charge on any atom is -0.484 e. The van der Waals surface area contributed by atoms with Crippen molar-refractivity contribution in [3.8, 4) is 5.75 Å². The van der Waals surface area contributed by atoms with E-state index in [4.69, 9.17) is 10.5 Å². The van der Waals surface area contributed by atoms with Crippen LogP contribution >= 0.6 is 0 Å². The summed E-state index contributed by atoms with van der Waals surface area (Å²) in [6, 6.07) is 13.2. The molecule has 0 saturated heterocycles. The molecule has 2 aromatic rings. The highest BCUT2D eigenvalue weighted by Crippen LogP contribution is 2.25. The summed E-state index contributed by atoms with van der Waals surface area (Å²) >= 11 is 0. The lowest BCUT2D eigenvalue weighted by atomic mass is 10.2. The number of benzene rings is 2. The summed E-state index contributed by atoms with van der Waals surface area (Å²) in [6.07, 6.45) is 0. The van der Waals surface area contributed by atoms with Gasteiger partial charge in [-0.05, 0) is 50.2 Å². The fourth-order valence-corrected chi connectivity index (χ4v) is 3.67. The quantitative estimate of drug-likeness (QED) is 0.829. The Labute approximate surface area is 141 Å². The zero-order chi connectivity index (χ0) is 17.7. The van der Waals surface area contributed by atoms with Gasteiger partial charge in [0, 0.05) is 6.54 Å². The highest BCUT2D eigenvalue weighted by Gasteiger charge is 2.23. The molecular weight excluding hydrogens is 328 g/mol. The van der Waals surface area contributed by atoms with Crippen LogP contribution in [0.2, 0.25) is 0 Å². The van der Waals surface area contributed by atoms with Crippen molar-refractivity contribution >= 4 is 21.6 Å². The van der Waals surface area contributed by atoms with Crippen LogP contribution in [0.25, 0.3) is 0 Å². The summed E-state index contributed by atoms with van der Waals surface area (Å²) in [7, 11) is -3.64. The van der Waals surface area contributed by atoms with Crippen LogP contribution in [-0.2, 0) is 14.8 Å². The average molecular weight is 348 g/mol.